The molecule has 1 aromatic carbocycles. The van der Waals surface area contributed by atoms with E-state index >= 15 is 0 Å². The second-order valence-electron chi connectivity index (χ2n) is 6.81. The van der Waals surface area contributed by atoms with Crippen LogP contribution < -0.4 is 4.90 Å². The van der Waals surface area contributed by atoms with Gasteiger partial charge < -0.3 is 9.45 Å². The number of hydrogen-bond acceptors (Lipinski definition) is 7. The fourth-order valence-electron chi connectivity index (χ4n) is 2.88. The Balaban J connectivity index is 1.60. The van der Waals surface area contributed by atoms with Crippen LogP contribution in [0.4, 0.5) is 5.13 Å². The number of aryl methyl sites for hydroxylation is 1. The highest BCUT2D eigenvalue weighted by molar-refractivity contribution is 7.80. The highest BCUT2D eigenvalue weighted by Gasteiger charge is 2.31. The largest absolute Gasteiger partial charge is 0.771 e. The topological polar surface area (TPSA) is 72.4 Å². The minimum atomic E-state index is -2.12. The van der Waals surface area contributed by atoms with Crippen LogP contribution in [0, 0.1) is 6.92 Å². The van der Waals surface area contributed by atoms with E-state index in [9.17, 15) is 8.76 Å². The van der Waals surface area contributed by atoms with Crippen molar-refractivity contribution < 1.29 is 8.76 Å². The Bertz CT molecular complexity index is 737. The summed E-state index contributed by atoms with van der Waals surface area (Å²) < 4.78 is 27.3. The van der Waals surface area contributed by atoms with Crippen LogP contribution in [0.2, 0.25) is 0 Å². The van der Waals surface area contributed by atoms with E-state index < -0.39 is 16.0 Å². The smallest absolute Gasteiger partial charge is 0.205 e. The third kappa shape index (κ3) is 4.25. The molecule has 0 bridgehead atoms. The standard InChI is InChI=1S/C17H24N4O2S2/c1-13-4-6-14(7-5-13)12-15-18-16(24-19-15)20-8-10-21(11-9-20)17(2,3)25(22)23/h4-7H,8-12H2,1-3H3,(H,22,23)/p-1. The van der Waals surface area contributed by atoms with Crippen molar-refractivity contribution in [2.45, 2.75) is 32.1 Å². The van der Waals surface area contributed by atoms with Gasteiger partial charge in [-0.3, -0.25) is 9.11 Å². The quantitative estimate of drug-likeness (QED) is 0.742. The van der Waals surface area contributed by atoms with Gasteiger partial charge in [0.15, 0.2) is 0 Å². The third-order valence-electron chi connectivity index (χ3n) is 4.66. The summed E-state index contributed by atoms with van der Waals surface area (Å²) in [6.45, 7) is 8.50. The second kappa shape index (κ2) is 7.49. The zero-order valence-electron chi connectivity index (χ0n) is 14.8. The molecular formula is C17H23N4O2S2-. The maximum atomic E-state index is 11.4. The summed E-state index contributed by atoms with van der Waals surface area (Å²) in [5.74, 6) is 0.840. The van der Waals surface area contributed by atoms with E-state index in [2.05, 4.69) is 45.4 Å². The Kier molecular flexibility index (Phi) is 5.52. The molecule has 1 aliphatic heterocycles. The molecule has 2 aromatic rings. The van der Waals surface area contributed by atoms with Gasteiger partial charge in [0.1, 0.15) is 5.82 Å². The van der Waals surface area contributed by atoms with Crippen LogP contribution in [0.25, 0.3) is 0 Å². The molecular weight excluding hydrogens is 356 g/mol. The SMILES string of the molecule is Cc1ccc(Cc2nsc(N3CCN(C(C)(C)S(=O)[O-])CC3)n2)cc1. The number of hydrogen-bond donors (Lipinski definition) is 0. The maximum Gasteiger partial charge on any atom is 0.205 e. The molecule has 25 heavy (non-hydrogen) atoms. The van der Waals surface area contributed by atoms with Gasteiger partial charge >= 0.3 is 0 Å². The Morgan fingerprint density at radius 1 is 1.20 bits per heavy atom. The Morgan fingerprint density at radius 3 is 2.44 bits per heavy atom. The molecule has 1 aliphatic rings. The molecule has 1 aromatic heterocycles. The first-order valence-electron chi connectivity index (χ1n) is 8.34. The highest BCUT2D eigenvalue weighted by Crippen LogP contribution is 2.24. The molecule has 0 radical (unpaired) electrons. The van der Waals surface area contributed by atoms with Crippen molar-refractivity contribution in [2.75, 3.05) is 31.1 Å². The van der Waals surface area contributed by atoms with Crippen LogP contribution in [0.15, 0.2) is 24.3 Å². The number of benzene rings is 1. The van der Waals surface area contributed by atoms with Crippen LogP contribution >= 0.6 is 11.5 Å². The fourth-order valence-corrected chi connectivity index (χ4v) is 4.01. The summed E-state index contributed by atoms with van der Waals surface area (Å²) in [4.78, 5) is 8.03. The highest BCUT2D eigenvalue weighted by atomic mass is 32.2. The molecule has 8 heteroatoms. The van der Waals surface area contributed by atoms with Crippen LogP contribution in [0.1, 0.15) is 30.8 Å². The monoisotopic (exact) mass is 379 g/mol. The van der Waals surface area contributed by atoms with Crippen LogP contribution in [-0.2, 0) is 17.5 Å². The van der Waals surface area contributed by atoms with E-state index in [1.165, 1.54) is 22.7 Å². The first-order chi connectivity index (χ1) is 11.9. The van der Waals surface area contributed by atoms with Crippen molar-refractivity contribution >= 4 is 27.7 Å². The maximum absolute atomic E-state index is 11.4. The van der Waals surface area contributed by atoms with Gasteiger partial charge in [-0.25, -0.2) is 4.98 Å². The van der Waals surface area contributed by atoms with Crippen molar-refractivity contribution in [3.05, 3.63) is 41.2 Å². The summed E-state index contributed by atoms with van der Waals surface area (Å²) in [6, 6.07) is 8.42. The number of aromatic nitrogens is 2. The molecule has 2 heterocycles. The minimum absolute atomic E-state index is 0.702. The van der Waals surface area contributed by atoms with Gasteiger partial charge in [0.25, 0.3) is 0 Å². The molecule has 0 amide bonds. The molecule has 0 saturated carbocycles. The minimum Gasteiger partial charge on any atom is -0.771 e. The fraction of sp³-hybridized carbons (Fsp3) is 0.529. The van der Waals surface area contributed by atoms with Crippen molar-refractivity contribution in [3.8, 4) is 0 Å². The predicted octanol–water partition coefficient (Wildman–Crippen LogP) is 2.17. The van der Waals surface area contributed by atoms with E-state index in [4.69, 9.17) is 0 Å². The first-order valence-corrected chi connectivity index (χ1v) is 10.2. The third-order valence-corrected chi connectivity index (χ3v) is 6.55. The summed E-state index contributed by atoms with van der Waals surface area (Å²) in [7, 11) is 0. The normalized spacial score (nSPS) is 17.7. The van der Waals surface area contributed by atoms with Gasteiger partial charge in [-0.1, -0.05) is 29.8 Å². The lowest BCUT2D eigenvalue weighted by Crippen LogP contribution is -2.56. The molecule has 0 aliphatic carbocycles. The van der Waals surface area contributed by atoms with Crippen molar-refractivity contribution in [3.63, 3.8) is 0 Å². The van der Waals surface area contributed by atoms with Gasteiger partial charge in [0.05, 0.1) is 4.87 Å². The van der Waals surface area contributed by atoms with Gasteiger partial charge in [-0.2, -0.15) is 4.37 Å². The molecule has 0 spiro atoms. The molecule has 1 atom stereocenters. The van der Waals surface area contributed by atoms with Gasteiger partial charge in [0.2, 0.25) is 5.13 Å². The lowest BCUT2D eigenvalue weighted by atomic mass is 10.1. The molecule has 0 N–H and O–H groups in total. The van der Waals surface area contributed by atoms with E-state index in [1.807, 2.05) is 4.90 Å². The van der Waals surface area contributed by atoms with E-state index in [1.54, 1.807) is 13.8 Å². The second-order valence-corrected chi connectivity index (χ2v) is 9.01. The van der Waals surface area contributed by atoms with Crippen LogP contribution in [0.5, 0.6) is 0 Å². The lowest BCUT2D eigenvalue weighted by molar-refractivity contribution is 0.172. The molecule has 136 valence electrons. The molecule has 1 unspecified atom stereocenters. The Morgan fingerprint density at radius 2 is 1.84 bits per heavy atom. The summed E-state index contributed by atoms with van der Waals surface area (Å²) in [5.41, 5.74) is 2.45. The van der Waals surface area contributed by atoms with Gasteiger partial charge in [0, 0.05) is 44.1 Å². The average molecular weight is 380 g/mol. The van der Waals surface area contributed by atoms with E-state index in [-0.39, 0.29) is 0 Å². The first kappa shape index (κ1) is 18.4. The summed E-state index contributed by atoms with van der Waals surface area (Å²) in [5, 5.41) is 0.919. The Hall–Kier alpha value is -1.35. The zero-order valence-corrected chi connectivity index (χ0v) is 16.4. The van der Waals surface area contributed by atoms with Gasteiger partial charge in [-0.05, 0) is 37.4 Å². The number of anilines is 1. The van der Waals surface area contributed by atoms with Gasteiger partial charge in [-0.15, -0.1) is 0 Å². The molecule has 1 fully saturated rings. The van der Waals surface area contributed by atoms with Crippen molar-refractivity contribution in [2.24, 2.45) is 0 Å². The van der Waals surface area contributed by atoms with Crippen molar-refractivity contribution in [1.82, 2.24) is 14.3 Å². The van der Waals surface area contributed by atoms with Crippen LogP contribution in [-0.4, -0.2) is 54.1 Å². The Labute approximate surface area is 155 Å². The van der Waals surface area contributed by atoms with Crippen LogP contribution in [0.3, 0.4) is 0 Å². The molecule has 1 saturated heterocycles. The number of piperazine rings is 1. The van der Waals surface area contributed by atoms with Crippen molar-refractivity contribution in [1.29, 1.82) is 0 Å². The summed E-state index contributed by atoms with van der Waals surface area (Å²) >= 11 is -0.699. The number of rotatable bonds is 5. The molecule has 3 rings (SSSR count). The zero-order chi connectivity index (χ0) is 18.0. The average Bonchev–Trinajstić information content (AvgIpc) is 3.05. The van der Waals surface area contributed by atoms with E-state index in [0.29, 0.717) is 13.1 Å². The molecule has 6 nitrogen and oxygen atoms in total. The predicted molar refractivity (Wildman–Crippen MR) is 101 cm³/mol. The number of nitrogens with zero attached hydrogens (tertiary/aromatic N) is 4. The lowest BCUT2D eigenvalue weighted by Gasteiger charge is -2.44. The summed E-state index contributed by atoms with van der Waals surface area (Å²) in [6.07, 6.45) is 0.735. The van der Waals surface area contributed by atoms with E-state index in [0.717, 1.165) is 30.5 Å².